The Morgan fingerprint density at radius 1 is 0.956 bits per heavy atom. The third kappa shape index (κ3) is 5.21. The third-order valence-electron chi connectivity index (χ3n) is 9.38. The van der Waals surface area contributed by atoms with Crippen molar-refractivity contribution in [2.45, 2.75) is 66.7 Å². The number of aliphatic hydroxyl groups is 1. The largest absolute Gasteiger partial charge is 0.497 e. The van der Waals surface area contributed by atoms with Gasteiger partial charge in [-0.1, -0.05) is 12.1 Å². The normalized spacial score (nSPS) is 24.7. The molecule has 2 fully saturated rings. The van der Waals surface area contributed by atoms with Crippen molar-refractivity contribution < 1.29 is 46.1 Å². The second-order valence-electron chi connectivity index (χ2n) is 12.0. The van der Waals surface area contributed by atoms with E-state index in [-0.39, 0.29) is 46.2 Å². The molecular weight excluding hydrogens is 613 g/mol. The summed E-state index contributed by atoms with van der Waals surface area (Å²) in [6, 6.07) is 15.4. The maximum Gasteiger partial charge on any atom is 0.417 e. The molecule has 1 atom stereocenters. The van der Waals surface area contributed by atoms with Crippen LogP contribution >= 0.6 is 0 Å². The van der Waals surface area contributed by atoms with Crippen molar-refractivity contribution in [1.29, 1.82) is 0 Å². The van der Waals surface area contributed by atoms with E-state index in [1.165, 1.54) is 66.0 Å². The average Bonchev–Trinajstić information content (AvgIpc) is 3.81. The number of ether oxygens (including phenoxy) is 1. The molecule has 1 amide bonds. The van der Waals surface area contributed by atoms with Gasteiger partial charge >= 0.3 is 12.1 Å². The Hall–Kier alpha value is -4.10. The molecular formula is C32H31F3N2O7S. The number of carbonyl (C=O) groups is 2. The van der Waals surface area contributed by atoms with Crippen LogP contribution in [0, 0.1) is 5.92 Å². The fraction of sp³-hybridized carbons (Fsp3) is 0.375. The van der Waals surface area contributed by atoms with Gasteiger partial charge in [-0.3, -0.25) is 9.10 Å². The zero-order valence-electron chi connectivity index (χ0n) is 24.2. The van der Waals surface area contributed by atoms with E-state index in [1.54, 1.807) is 12.1 Å². The van der Waals surface area contributed by atoms with Crippen LogP contribution < -0.4 is 14.4 Å². The molecule has 45 heavy (non-hydrogen) atoms. The fourth-order valence-electron chi connectivity index (χ4n) is 6.90. The van der Waals surface area contributed by atoms with Crippen molar-refractivity contribution in [2.75, 3.05) is 16.7 Å². The summed E-state index contributed by atoms with van der Waals surface area (Å²) < 4.78 is 77.1. The van der Waals surface area contributed by atoms with Gasteiger partial charge in [0.2, 0.25) is 0 Å². The first-order valence-electron chi connectivity index (χ1n) is 14.5. The molecule has 2 saturated carbocycles. The summed E-state index contributed by atoms with van der Waals surface area (Å²) in [5.74, 6) is -1.59. The van der Waals surface area contributed by atoms with E-state index in [1.807, 2.05) is 0 Å². The van der Waals surface area contributed by atoms with Gasteiger partial charge in [-0.05, 0) is 98.5 Å². The topological polar surface area (TPSA) is 133 Å². The van der Waals surface area contributed by atoms with Gasteiger partial charge in [0.15, 0.2) is 5.60 Å². The van der Waals surface area contributed by atoms with Crippen LogP contribution in [0.1, 0.15) is 64.8 Å². The number of amides is 1. The summed E-state index contributed by atoms with van der Waals surface area (Å²) in [6.45, 7) is 0. The van der Waals surface area contributed by atoms with Crippen LogP contribution in [0.3, 0.4) is 0 Å². The van der Waals surface area contributed by atoms with Crippen LogP contribution in [-0.4, -0.2) is 55.4 Å². The maximum atomic E-state index is 14.4. The molecule has 0 bridgehead atoms. The van der Waals surface area contributed by atoms with Crippen molar-refractivity contribution in [3.63, 3.8) is 0 Å². The monoisotopic (exact) mass is 644 g/mol. The minimum atomic E-state index is -4.86. The maximum absolute atomic E-state index is 14.4. The quantitative estimate of drug-likeness (QED) is 0.299. The van der Waals surface area contributed by atoms with E-state index in [0.717, 1.165) is 0 Å². The first kappa shape index (κ1) is 30.9. The highest BCUT2D eigenvalue weighted by Gasteiger charge is 2.65. The number of carbonyl (C=O) groups excluding carboxylic acids is 1. The van der Waals surface area contributed by atoms with E-state index < -0.39 is 58.0 Å². The number of nitrogens with one attached hydrogen (secondary N) is 1. The molecule has 1 unspecified atom stereocenters. The van der Waals surface area contributed by atoms with Crippen molar-refractivity contribution in [1.82, 2.24) is 0 Å². The molecule has 3 aromatic carbocycles. The summed E-state index contributed by atoms with van der Waals surface area (Å²) in [5, 5.41) is 22.6. The lowest BCUT2D eigenvalue weighted by Crippen LogP contribution is -2.56. The molecule has 1 aliphatic heterocycles. The number of anilines is 2. The van der Waals surface area contributed by atoms with Crippen molar-refractivity contribution in [3.8, 4) is 5.75 Å². The van der Waals surface area contributed by atoms with Gasteiger partial charge in [-0.25, -0.2) is 13.2 Å². The number of carboxylic acids is 1. The Kier molecular flexibility index (Phi) is 7.39. The number of hydrogen-bond donors (Lipinski definition) is 3. The van der Waals surface area contributed by atoms with Gasteiger partial charge in [-0.15, -0.1) is 0 Å². The number of rotatable bonds is 7. The Morgan fingerprint density at radius 2 is 1.64 bits per heavy atom. The smallest absolute Gasteiger partial charge is 0.417 e. The zero-order chi connectivity index (χ0) is 32.4. The second-order valence-corrected chi connectivity index (χ2v) is 13.8. The number of aromatic carboxylic acids is 1. The van der Waals surface area contributed by atoms with E-state index in [9.17, 15) is 41.4 Å². The minimum absolute atomic E-state index is 0.0364. The van der Waals surface area contributed by atoms with E-state index in [4.69, 9.17) is 4.74 Å². The molecule has 238 valence electrons. The van der Waals surface area contributed by atoms with E-state index in [0.29, 0.717) is 24.2 Å². The molecule has 3 N–H and O–H groups in total. The molecule has 0 aromatic heterocycles. The first-order chi connectivity index (χ1) is 21.2. The first-order valence-corrected chi connectivity index (χ1v) is 15.9. The molecule has 6 rings (SSSR count). The predicted molar refractivity (Wildman–Crippen MR) is 158 cm³/mol. The molecule has 0 radical (unpaired) electrons. The van der Waals surface area contributed by atoms with Gasteiger partial charge in [-0.2, -0.15) is 13.2 Å². The number of sulfonamides is 1. The Balaban J connectivity index is 1.46. The van der Waals surface area contributed by atoms with Crippen LogP contribution in [-0.2, 0) is 15.4 Å². The summed E-state index contributed by atoms with van der Waals surface area (Å²) in [5.41, 5.74) is -2.99. The molecule has 3 aromatic rings. The van der Waals surface area contributed by atoms with Crippen LogP contribution in [0.2, 0.25) is 0 Å². The Morgan fingerprint density at radius 3 is 2.27 bits per heavy atom. The van der Waals surface area contributed by atoms with Crippen molar-refractivity contribution in [3.05, 3.63) is 83.4 Å². The number of fused-ring (bicyclic) bond motifs is 2. The minimum Gasteiger partial charge on any atom is -0.497 e. The summed E-state index contributed by atoms with van der Waals surface area (Å²) in [4.78, 5) is 24.8. The molecule has 3 aliphatic rings. The number of nitrogens with zero attached hydrogens (tertiary/aromatic N) is 1. The number of methoxy groups -OCH3 is 1. The number of hydrogen-bond acceptors (Lipinski definition) is 6. The molecule has 1 spiro atoms. The highest BCUT2D eigenvalue weighted by atomic mass is 32.2. The van der Waals surface area contributed by atoms with Gasteiger partial charge < -0.3 is 20.3 Å². The van der Waals surface area contributed by atoms with Gasteiger partial charge in [0.25, 0.3) is 15.9 Å². The lowest BCUT2D eigenvalue weighted by atomic mass is 9.61. The number of halogens is 3. The summed E-state index contributed by atoms with van der Waals surface area (Å²) in [7, 11) is -2.84. The summed E-state index contributed by atoms with van der Waals surface area (Å²) >= 11 is 0. The lowest BCUT2D eigenvalue weighted by Gasteiger charge is -2.47. The Labute approximate surface area is 257 Å². The molecule has 0 saturated heterocycles. The average molecular weight is 645 g/mol. The van der Waals surface area contributed by atoms with E-state index in [2.05, 4.69) is 5.32 Å². The third-order valence-corrected chi connectivity index (χ3v) is 11.2. The van der Waals surface area contributed by atoms with Crippen LogP contribution in [0.25, 0.3) is 0 Å². The highest BCUT2D eigenvalue weighted by molar-refractivity contribution is 7.93. The zero-order valence-corrected chi connectivity index (χ0v) is 25.0. The number of carboxylic acid groups (broad SMARTS) is 1. The Bertz CT molecular complexity index is 1780. The van der Waals surface area contributed by atoms with Crippen LogP contribution in [0.4, 0.5) is 24.5 Å². The summed E-state index contributed by atoms with van der Waals surface area (Å²) in [6.07, 6.45) is -5.03. The fourth-order valence-corrected chi connectivity index (χ4v) is 8.74. The SMILES string of the molecule is COc1cccc(S(=O)(=O)N2c3ccc(C(=O)Nc4cccc(C(=O)O)c4)cc3C3(CCC(O)(C(F)(F)F)CC3)C2C2CC2)c1. The molecule has 13 heteroatoms. The predicted octanol–water partition coefficient (Wildman–Crippen LogP) is 5.74. The molecule has 1 heterocycles. The van der Waals surface area contributed by atoms with Gasteiger partial charge in [0, 0.05) is 22.7 Å². The highest BCUT2D eigenvalue weighted by Crippen LogP contribution is 2.62. The number of alkyl halides is 3. The van der Waals surface area contributed by atoms with Crippen LogP contribution in [0.5, 0.6) is 5.75 Å². The van der Waals surface area contributed by atoms with Crippen molar-refractivity contribution in [2.24, 2.45) is 5.92 Å². The second kappa shape index (κ2) is 10.8. The number of benzene rings is 3. The molecule has 2 aliphatic carbocycles. The van der Waals surface area contributed by atoms with Gasteiger partial charge in [0.05, 0.1) is 29.3 Å². The van der Waals surface area contributed by atoms with Gasteiger partial charge in [0.1, 0.15) is 5.75 Å². The van der Waals surface area contributed by atoms with E-state index >= 15 is 0 Å². The van der Waals surface area contributed by atoms with Crippen LogP contribution in [0.15, 0.2) is 71.6 Å². The standard InChI is InChI=1S/C32H31F3N2O7S/c1-44-23-6-3-7-24(18-23)45(42,43)37-26-11-10-20(28(38)36-22-5-2-4-21(16-22)29(39)40)17-25(26)30(27(37)19-8-9-19)12-14-31(41,15-13-30)32(33,34)35/h2-7,10-11,16-19,27,41H,8-9,12-15H2,1H3,(H,36,38)(H,39,40). The van der Waals surface area contributed by atoms with Crippen molar-refractivity contribution >= 4 is 33.3 Å². The lowest BCUT2D eigenvalue weighted by molar-refractivity contribution is -0.273. The molecule has 9 nitrogen and oxygen atoms in total.